The Labute approximate surface area is 111 Å². The molecule has 3 N–H and O–H groups in total. The Balaban J connectivity index is 0.00000162. The highest BCUT2D eigenvalue weighted by atomic mass is 35.5. The molecule has 0 radical (unpaired) electrons. The van der Waals surface area contributed by atoms with Gasteiger partial charge in [0.15, 0.2) is 0 Å². The van der Waals surface area contributed by atoms with Crippen molar-refractivity contribution in [2.45, 2.75) is 26.0 Å². The Morgan fingerprint density at radius 3 is 2.67 bits per heavy atom. The summed E-state index contributed by atoms with van der Waals surface area (Å²) in [5.74, 6) is 0.656. The van der Waals surface area contributed by atoms with Crippen LogP contribution in [0.1, 0.15) is 25.3 Å². The van der Waals surface area contributed by atoms with E-state index in [0.29, 0.717) is 12.4 Å². The van der Waals surface area contributed by atoms with Crippen molar-refractivity contribution in [3.8, 4) is 11.4 Å². The molecular formula is C12H16ClN3O2. The average Bonchev–Trinajstić information content (AvgIpc) is 2.78. The third kappa shape index (κ3) is 3.07. The van der Waals surface area contributed by atoms with Crippen LogP contribution in [-0.2, 0) is 12.1 Å². The first kappa shape index (κ1) is 14.6. The molecule has 0 unspecified atom stereocenters. The molecule has 6 heteroatoms. The van der Waals surface area contributed by atoms with Crippen molar-refractivity contribution in [1.82, 2.24) is 10.1 Å². The third-order valence-electron chi connectivity index (χ3n) is 2.37. The second-order valence-electron chi connectivity index (χ2n) is 4.39. The van der Waals surface area contributed by atoms with E-state index in [9.17, 15) is 5.11 Å². The van der Waals surface area contributed by atoms with Gasteiger partial charge in [0.1, 0.15) is 5.60 Å². The van der Waals surface area contributed by atoms with E-state index in [-0.39, 0.29) is 18.3 Å². The smallest absolute Gasteiger partial charge is 0.258 e. The van der Waals surface area contributed by atoms with E-state index in [1.807, 2.05) is 24.3 Å². The fourth-order valence-corrected chi connectivity index (χ4v) is 1.43. The summed E-state index contributed by atoms with van der Waals surface area (Å²) in [4.78, 5) is 4.16. The molecule has 0 aliphatic heterocycles. The van der Waals surface area contributed by atoms with E-state index < -0.39 is 5.60 Å². The van der Waals surface area contributed by atoms with Gasteiger partial charge in [0.2, 0.25) is 5.82 Å². The van der Waals surface area contributed by atoms with Crippen molar-refractivity contribution >= 4 is 12.4 Å². The number of hydrogen-bond donors (Lipinski definition) is 2. The van der Waals surface area contributed by atoms with Gasteiger partial charge in [0.05, 0.1) is 0 Å². The van der Waals surface area contributed by atoms with Crippen LogP contribution < -0.4 is 5.73 Å². The highest BCUT2D eigenvalue weighted by Gasteiger charge is 2.24. The summed E-state index contributed by atoms with van der Waals surface area (Å²) in [5.41, 5.74) is 6.26. The zero-order chi connectivity index (χ0) is 12.5. The largest absolute Gasteiger partial charge is 0.381 e. The fraction of sp³-hybridized carbons (Fsp3) is 0.333. The first-order chi connectivity index (χ1) is 8.00. The van der Waals surface area contributed by atoms with Crippen LogP contribution in [-0.4, -0.2) is 15.2 Å². The molecule has 2 aromatic rings. The number of hydrogen-bond acceptors (Lipinski definition) is 5. The number of aliphatic hydroxyl groups is 1. The Hall–Kier alpha value is -1.43. The van der Waals surface area contributed by atoms with Crippen LogP contribution in [0.3, 0.4) is 0 Å². The monoisotopic (exact) mass is 269 g/mol. The fourth-order valence-electron chi connectivity index (χ4n) is 1.43. The number of nitrogens with zero attached hydrogens (tertiary/aromatic N) is 2. The van der Waals surface area contributed by atoms with Gasteiger partial charge in [-0.2, -0.15) is 4.98 Å². The lowest BCUT2D eigenvalue weighted by Crippen LogP contribution is -2.15. The second kappa shape index (κ2) is 5.48. The first-order valence-corrected chi connectivity index (χ1v) is 5.36. The molecule has 5 nitrogen and oxygen atoms in total. The molecule has 0 spiro atoms. The molecule has 0 aliphatic rings. The molecule has 1 aromatic heterocycles. The van der Waals surface area contributed by atoms with Gasteiger partial charge in [-0.15, -0.1) is 12.4 Å². The Kier molecular flexibility index (Phi) is 4.45. The Morgan fingerprint density at radius 2 is 2.11 bits per heavy atom. The lowest BCUT2D eigenvalue weighted by atomic mass is 10.1. The van der Waals surface area contributed by atoms with Crippen LogP contribution in [0, 0.1) is 0 Å². The highest BCUT2D eigenvalue weighted by molar-refractivity contribution is 5.85. The summed E-state index contributed by atoms with van der Waals surface area (Å²) in [5, 5.41) is 13.6. The quantitative estimate of drug-likeness (QED) is 0.888. The summed E-state index contributed by atoms with van der Waals surface area (Å²) in [7, 11) is 0. The van der Waals surface area contributed by atoms with Gasteiger partial charge in [-0.1, -0.05) is 23.4 Å². The topological polar surface area (TPSA) is 85.2 Å². The highest BCUT2D eigenvalue weighted by Crippen LogP contribution is 2.22. The summed E-state index contributed by atoms with van der Waals surface area (Å²) >= 11 is 0. The first-order valence-electron chi connectivity index (χ1n) is 5.36. The molecule has 1 heterocycles. The molecular weight excluding hydrogens is 254 g/mol. The number of rotatable bonds is 3. The van der Waals surface area contributed by atoms with E-state index in [2.05, 4.69) is 10.1 Å². The number of halogens is 1. The molecule has 0 atom stereocenters. The van der Waals surface area contributed by atoms with Crippen LogP contribution >= 0.6 is 12.4 Å². The van der Waals surface area contributed by atoms with Crippen molar-refractivity contribution in [2.75, 3.05) is 0 Å². The minimum absolute atomic E-state index is 0. The van der Waals surface area contributed by atoms with Crippen molar-refractivity contribution < 1.29 is 9.63 Å². The van der Waals surface area contributed by atoms with Crippen LogP contribution in [0.25, 0.3) is 11.4 Å². The van der Waals surface area contributed by atoms with Crippen molar-refractivity contribution in [3.63, 3.8) is 0 Å². The van der Waals surface area contributed by atoms with E-state index >= 15 is 0 Å². The number of nitrogens with two attached hydrogens (primary N) is 1. The molecule has 0 aliphatic carbocycles. The van der Waals surface area contributed by atoms with E-state index in [1.54, 1.807) is 13.8 Å². The number of aromatic nitrogens is 2. The summed E-state index contributed by atoms with van der Waals surface area (Å²) in [6, 6.07) is 7.59. The predicted octanol–water partition coefficient (Wildman–Crippen LogP) is 1.84. The van der Waals surface area contributed by atoms with Crippen LogP contribution in [0.15, 0.2) is 28.8 Å². The molecule has 1 aromatic carbocycles. The Morgan fingerprint density at radius 1 is 1.39 bits per heavy atom. The maximum absolute atomic E-state index is 9.73. The molecule has 0 saturated carbocycles. The predicted molar refractivity (Wildman–Crippen MR) is 70.1 cm³/mol. The van der Waals surface area contributed by atoms with Crippen molar-refractivity contribution in [3.05, 3.63) is 35.7 Å². The molecule has 0 fully saturated rings. The maximum Gasteiger partial charge on any atom is 0.258 e. The van der Waals surface area contributed by atoms with Gasteiger partial charge in [0, 0.05) is 12.1 Å². The summed E-state index contributed by atoms with van der Waals surface area (Å²) < 4.78 is 5.01. The lowest BCUT2D eigenvalue weighted by Gasteiger charge is -2.09. The van der Waals surface area contributed by atoms with Crippen LogP contribution in [0.4, 0.5) is 0 Å². The minimum atomic E-state index is -1.13. The molecule has 98 valence electrons. The van der Waals surface area contributed by atoms with Crippen molar-refractivity contribution in [2.24, 2.45) is 5.73 Å². The molecule has 18 heavy (non-hydrogen) atoms. The standard InChI is InChI=1S/C12H15N3O2.ClH/c1-12(2,16)11-14-10(15-17-11)9-5-3-4-8(6-9)7-13;/h3-6,16H,7,13H2,1-2H3;1H. The molecule has 0 bridgehead atoms. The Bertz CT molecular complexity index is 520. The van der Waals surface area contributed by atoms with Gasteiger partial charge in [-0.25, -0.2) is 0 Å². The van der Waals surface area contributed by atoms with Crippen LogP contribution in [0.5, 0.6) is 0 Å². The van der Waals surface area contributed by atoms with Crippen LogP contribution in [0.2, 0.25) is 0 Å². The van der Waals surface area contributed by atoms with E-state index in [0.717, 1.165) is 11.1 Å². The average molecular weight is 270 g/mol. The maximum atomic E-state index is 9.73. The zero-order valence-electron chi connectivity index (χ0n) is 10.3. The summed E-state index contributed by atoms with van der Waals surface area (Å²) in [6.45, 7) is 3.66. The lowest BCUT2D eigenvalue weighted by molar-refractivity contribution is 0.0420. The molecule has 2 rings (SSSR count). The molecule has 0 amide bonds. The van der Waals surface area contributed by atoms with Gasteiger partial charge in [-0.3, -0.25) is 0 Å². The van der Waals surface area contributed by atoms with E-state index in [1.165, 1.54) is 0 Å². The SMILES string of the molecule is CC(C)(O)c1nc(-c2cccc(CN)c2)no1.Cl. The third-order valence-corrected chi connectivity index (χ3v) is 2.37. The van der Waals surface area contributed by atoms with E-state index in [4.69, 9.17) is 10.3 Å². The molecule has 0 saturated heterocycles. The van der Waals surface area contributed by atoms with Crippen molar-refractivity contribution in [1.29, 1.82) is 0 Å². The van der Waals surface area contributed by atoms with Gasteiger partial charge >= 0.3 is 0 Å². The number of benzene rings is 1. The van der Waals surface area contributed by atoms with Gasteiger partial charge < -0.3 is 15.4 Å². The zero-order valence-corrected chi connectivity index (χ0v) is 11.1. The second-order valence-corrected chi connectivity index (χ2v) is 4.39. The minimum Gasteiger partial charge on any atom is -0.381 e. The normalized spacial score (nSPS) is 11.1. The summed E-state index contributed by atoms with van der Waals surface area (Å²) in [6.07, 6.45) is 0. The van der Waals surface area contributed by atoms with Gasteiger partial charge in [0.25, 0.3) is 5.89 Å². The van der Waals surface area contributed by atoms with Gasteiger partial charge in [-0.05, 0) is 25.5 Å².